The summed E-state index contributed by atoms with van der Waals surface area (Å²) in [5.74, 6) is 0. The lowest BCUT2D eigenvalue weighted by molar-refractivity contribution is 0.219. The summed E-state index contributed by atoms with van der Waals surface area (Å²) in [6, 6.07) is 4.44. The van der Waals surface area contributed by atoms with Crippen molar-refractivity contribution < 1.29 is 0 Å². The molecule has 0 aromatic carbocycles. The Hall–Kier alpha value is -0.850. The predicted molar refractivity (Wildman–Crippen MR) is 79.9 cm³/mol. The minimum atomic E-state index is 0.0905. The molecule has 0 spiro atoms. The molecule has 1 aromatic heterocycles. The minimum absolute atomic E-state index is 0.0905. The van der Waals surface area contributed by atoms with Crippen LogP contribution < -0.4 is 0 Å². The number of nitrogens with zero attached hydrogens (tertiary/aromatic N) is 1. The predicted octanol–water partition coefficient (Wildman–Crippen LogP) is 4.99. The number of pyridine rings is 1. The van der Waals surface area contributed by atoms with Crippen LogP contribution in [-0.2, 0) is 11.8 Å². The van der Waals surface area contributed by atoms with Gasteiger partial charge in [0.1, 0.15) is 0 Å². The van der Waals surface area contributed by atoms with E-state index in [2.05, 4.69) is 67.5 Å². The molecule has 1 heteroatoms. The van der Waals surface area contributed by atoms with Gasteiger partial charge in [0.25, 0.3) is 0 Å². The molecule has 0 aliphatic carbocycles. The smallest absolute Gasteiger partial charge is 0.0465 e. The van der Waals surface area contributed by atoms with Gasteiger partial charge in [0, 0.05) is 17.3 Å². The van der Waals surface area contributed by atoms with Crippen molar-refractivity contribution in [1.82, 2.24) is 4.98 Å². The summed E-state index contributed by atoms with van der Waals surface area (Å²) in [5, 5.41) is 0. The van der Waals surface area contributed by atoms with Gasteiger partial charge in [-0.2, -0.15) is 0 Å². The average Bonchev–Trinajstić information content (AvgIpc) is 2.14. The normalized spacial score (nSPS) is 13.8. The van der Waals surface area contributed by atoms with E-state index in [1.807, 2.05) is 6.20 Å². The molecule has 0 fully saturated rings. The van der Waals surface area contributed by atoms with Crippen LogP contribution in [0.1, 0.15) is 66.6 Å². The maximum absolute atomic E-state index is 4.70. The molecule has 0 radical (unpaired) electrons. The van der Waals surface area contributed by atoms with E-state index in [-0.39, 0.29) is 10.8 Å². The molecule has 18 heavy (non-hydrogen) atoms. The highest BCUT2D eigenvalue weighted by molar-refractivity contribution is 5.22. The van der Waals surface area contributed by atoms with Crippen LogP contribution in [0.5, 0.6) is 0 Å². The number of hydrogen-bond acceptors (Lipinski definition) is 1. The van der Waals surface area contributed by atoms with E-state index >= 15 is 0 Å². The Balaban J connectivity index is 2.97. The Morgan fingerprint density at radius 1 is 0.889 bits per heavy atom. The summed E-state index contributed by atoms with van der Waals surface area (Å²) in [5.41, 5.74) is 3.14. The fourth-order valence-electron chi connectivity index (χ4n) is 1.90. The average molecular weight is 247 g/mol. The largest absolute Gasteiger partial charge is 0.260 e. The SMILES string of the molecule is CC(C)(C)Cc1ccc(C(C)(C)C(C)(C)C)nc1. The van der Waals surface area contributed by atoms with Crippen molar-refractivity contribution >= 4 is 0 Å². The van der Waals surface area contributed by atoms with E-state index < -0.39 is 0 Å². The van der Waals surface area contributed by atoms with Crippen LogP contribution in [0.25, 0.3) is 0 Å². The zero-order valence-corrected chi connectivity index (χ0v) is 13.4. The third-order valence-corrected chi connectivity index (χ3v) is 4.07. The molecule has 102 valence electrons. The fraction of sp³-hybridized carbons (Fsp3) is 0.706. The van der Waals surface area contributed by atoms with Crippen LogP contribution in [0.3, 0.4) is 0 Å². The van der Waals surface area contributed by atoms with Crippen molar-refractivity contribution in [2.45, 2.75) is 67.2 Å². The van der Waals surface area contributed by atoms with Crippen LogP contribution in [0.15, 0.2) is 18.3 Å². The zero-order valence-electron chi connectivity index (χ0n) is 13.4. The third kappa shape index (κ3) is 3.57. The summed E-state index contributed by atoms with van der Waals surface area (Å²) in [6.07, 6.45) is 3.13. The van der Waals surface area contributed by atoms with E-state index in [4.69, 9.17) is 4.98 Å². The van der Waals surface area contributed by atoms with Crippen molar-refractivity contribution in [2.24, 2.45) is 10.8 Å². The topological polar surface area (TPSA) is 12.9 Å². The van der Waals surface area contributed by atoms with Crippen LogP contribution >= 0.6 is 0 Å². The molecule has 0 aliphatic rings. The molecule has 0 atom stereocenters. The Bertz CT molecular complexity index is 385. The van der Waals surface area contributed by atoms with Gasteiger partial charge in [-0.1, -0.05) is 61.5 Å². The lowest BCUT2D eigenvalue weighted by atomic mass is 9.67. The molecule has 0 N–H and O–H groups in total. The molecule has 0 saturated heterocycles. The maximum Gasteiger partial charge on any atom is 0.0465 e. The van der Waals surface area contributed by atoms with Crippen LogP contribution in [0.2, 0.25) is 0 Å². The third-order valence-electron chi connectivity index (χ3n) is 4.07. The second-order valence-corrected chi connectivity index (χ2v) is 8.16. The van der Waals surface area contributed by atoms with Gasteiger partial charge in [0.15, 0.2) is 0 Å². The molecular formula is C17H29N. The van der Waals surface area contributed by atoms with Gasteiger partial charge in [-0.25, -0.2) is 0 Å². The van der Waals surface area contributed by atoms with Gasteiger partial charge in [-0.15, -0.1) is 0 Å². The van der Waals surface area contributed by atoms with E-state index in [9.17, 15) is 0 Å². The Kier molecular flexibility index (Phi) is 3.95. The van der Waals surface area contributed by atoms with Crippen LogP contribution in [-0.4, -0.2) is 4.98 Å². The molecule has 1 aromatic rings. The highest BCUT2D eigenvalue weighted by Crippen LogP contribution is 2.39. The molecule has 0 amide bonds. The standard InChI is InChI=1S/C17H29N/c1-15(2,3)11-13-9-10-14(18-12-13)17(7,8)16(4,5)6/h9-10,12H,11H2,1-8H3. The van der Waals surface area contributed by atoms with E-state index in [1.54, 1.807) is 0 Å². The molecular weight excluding hydrogens is 218 g/mol. The summed E-state index contributed by atoms with van der Waals surface area (Å²) < 4.78 is 0. The minimum Gasteiger partial charge on any atom is -0.260 e. The van der Waals surface area contributed by atoms with Crippen LogP contribution in [0.4, 0.5) is 0 Å². The first-order valence-corrected chi connectivity index (χ1v) is 6.89. The summed E-state index contributed by atoms with van der Waals surface area (Å²) in [6.45, 7) is 18.2. The molecule has 0 bridgehead atoms. The summed E-state index contributed by atoms with van der Waals surface area (Å²) in [7, 11) is 0. The van der Waals surface area contributed by atoms with Gasteiger partial charge < -0.3 is 0 Å². The molecule has 1 rings (SSSR count). The molecule has 0 aliphatic heterocycles. The maximum atomic E-state index is 4.70. The lowest BCUT2D eigenvalue weighted by Crippen LogP contribution is -2.34. The zero-order chi connectivity index (χ0) is 14.2. The second-order valence-electron chi connectivity index (χ2n) is 8.16. The first-order chi connectivity index (χ1) is 7.93. The van der Waals surface area contributed by atoms with Crippen molar-refractivity contribution in [2.75, 3.05) is 0 Å². The van der Waals surface area contributed by atoms with Gasteiger partial charge in [0.05, 0.1) is 0 Å². The first kappa shape index (κ1) is 15.2. The fourth-order valence-corrected chi connectivity index (χ4v) is 1.90. The van der Waals surface area contributed by atoms with Gasteiger partial charge >= 0.3 is 0 Å². The molecule has 0 unspecified atom stereocenters. The highest BCUT2D eigenvalue weighted by Gasteiger charge is 2.35. The summed E-state index contributed by atoms with van der Waals surface area (Å²) in [4.78, 5) is 4.70. The number of hydrogen-bond donors (Lipinski definition) is 0. The Morgan fingerprint density at radius 3 is 1.78 bits per heavy atom. The van der Waals surface area contributed by atoms with Crippen molar-refractivity contribution in [3.63, 3.8) is 0 Å². The Morgan fingerprint density at radius 2 is 1.44 bits per heavy atom. The second kappa shape index (κ2) is 4.68. The number of rotatable bonds is 2. The highest BCUT2D eigenvalue weighted by atomic mass is 14.7. The van der Waals surface area contributed by atoms with E-state index in [0.29, 0.717) is 5.41 Å². The van der Waals surface area contributed by atoms with Gasteiger partial charge in [-0.3, -0.25) is 4.98 Å². The van der Waals surface area contributed by atoms with Crippen molar-refractivity contribution in [1.29, 1.82) is 0 Å². The monoisotopic (exact) mass is 247 g/mol. The molecule has 0 saturated carbocycles. The number of aromatic nitrogens is 1. The lowest BCUT2D eigenvalue weighted by Gasteiger charge is -2.38. The van der Waals surface area contributed by atoms with Crippen LogP contribution in [0, 0.1) is 10.8 Å². The first-order valence-electron chi connectivity index (χ1n) is 6.89. The van der Waals surface area contributed by atoms with Gasteiger partial charge in [0.2, 0.25) is 0 Å². The van der Waals surface area contributed by atoms with Crippen molar-refractivity contribution in [3.8, 4) is 0 Å². The van der Waals surface area contributed by atoms with E-state index in [1.165, 1.54) is 11.3 Å². The Labute approximate surface area is 113 Å². The van der Waals surface area contributed by atoms with Gasteiger partial charge in [-0.05, 0) is 28.9 Å². The quantitative estimate of drug-likeness (QED) is 0.717. The molecule has 1 nitrogen and oxygen atoms in total. The molecule has 1 heterocycles. The summed E-state index contributed by atoms with van der Waals surface area (Å²) >= 11 is 0. The van der Waals surface area contributed by atoms with E-state index in [0.717, 1.165) is 6.42 Å². The van der Waals surface area contributed by atoms with Crippen molar-refractivity contribution in [3.05, 3.63) is 29.6 Å².